The Hall–Kier alpha value is -4.47. The zero-order valence-corrected chi connectivity index (χ0v) is 18.9. The van der Waals surface area contributed by atoms with Crippen molar-refractivity contribution in [3.63, 3.8) is 0 Å². The average molecular weight is 491 g/mol. The molecule has 4 aromatic rings. The first kappa shape index (κ1) is 23.3. The van der Waals surface area contributed by atoms with E-state index in [1.807, 2.05) is 0 Å². The Morgan fingerprint density at radius 1 is 0.833 bits per heavy atom. The first-order valence-corrected chi connectivity index (χ1v) is 11.3. The number of benzene rings is 3. The van der Waals surface area contributed by atoms with Crippen LogP contribution in [0.15, 0.2) is 60.8 Å². The lowest BCUT2D eigenvalue weighted by molar-refractivity contribution is 0.103. The number of carbonyl (C=O) groups excluding carboxylic acids is 2. The Labute approximate surface area is 204 Å². The summed E-state index contributed by atoms with van der Waals surface area (Å²) in [4.78, 5) is 36.5. The maximum atomic E-state index is 14.6. The number of halogens is 3. The molecule has 0 aliphatic carbocycles. The van der Waals surface area contributed by atoms with Crippen LogP contribution in [0, 0.1) is 17.5 Å². The molecule has 2 heterocycles. The maximum absolute atomic E-state index is 14.6. The van der Waals surface area contributed by atoms with Gasteiger partial charge < -0.3 is 15.5 Å². The highest BCUT2D eigenvalue weighted by atomic mass is 19.2. The third-order valence-corrected chi connectivity index (χ3v) is 5.85. The molecule has 10 heteroatoms. The van der Waals surface area contributed by atoms with Crippen molar-refractivity contribution in [1.29, 1.82) is 0 Å². The predicted molar refractivity (Wildman–Crippen MR) is 130 cm³/mol. The molecule has 2 N–H and O–H groups in total. The summed E-state index contributed by atoms with van der Waals surface area (Å²) in [6.45, 7) is 1.75. The van der Waals surface area contributed by atoms with E-state index in [1.165, 1.54) is 24.3 Å². The van der Waals surface area contributed by atoms with Crippen molar-refractivity contribution in [2.75, 3.05) is 28.6 Å². The number of amides is 2. The molecule has 0 bridgehead atoms. The Balaban J connectivity index is 1.40. The molecule has 182 valence electrons. The van der Waals surface area contributed by atoms with Gasteiger partial charge in [0.2, 0.25) is 0 Å². The van der Waals surface area contributed by atoms with Gasteiger partial charge in [-0.3, -0.25) is 9.78 Å². The van der Waals surface area contributed by atoms with E-state index in [4.69, 9.17) is 0 Å². The number of hydrogen-bond donors (Lipinski definition) is 2. The first-order valence-electron chi connectivity index (χ1n) is 11.3. The van der Waals surface area contributed by atoms with Gasteiger partial charge in [0.05, 0.1) is 22.8 Å². The van der Waals surface area contributed by atoms with Gasteiger partial charge in [-0.05, 0) is 61.4 Å². The van der Waals surface area contributed by atoms with Crippen LogP contribution in [-0.2, 0) is 0 Å². The Morgan fingerprint density at radius 2 is 1.56 bits per heavy atom. The van der Waals surface area contributed by atoms with Gasteiger partial charge in [0.15, 0.2) is 17.4 Å². The van der Waals surface area contributed by atoms with Crippen molar-refractivity contribution < 1.29 is 22.8 Å². The van der Waals surface area contributed by atoms with Gasteiger partial charge in [-0.2, -0.15) is 0 Å². The third-order valence-electron chi connectivity index (χ3n) is 5.85. The molecule has 7 nitrogen and oxygen atoms in total. The SMILES string of the molecule is O=C(Nc1ccc(F)cc1)Nc1cc(F)c(F)c(C(=O)c2ccc3ncc(N4CCCC4)nc3c2)c1. The van der Waals surface area contributed by atoms with E-state index in [1.54, 1.807) is 12.3 Å². The molecule has 0 radical (unpaired) electrons. The minimum Gasteiger partial charge on any atom is -0.355 e. The minimum atomic E-state index is -1.33. The number of anilines is 3. The molecule has 1 saturated heterocycles. The van der Waals surface area contributed by atoms with Gasteiger partial charge in [0.1, 0.15) is 11.6 Å². The van der Waals surface area contributed by atoms with Crippen molar-refractivity contribution in [2.45, 2.75) is 12.8 Å². The molecule has 1 aliphatic rings. The number of hydrogen-bond acceptors (Lipinski definition) is 5. The average Bonchev–Trinajstić information content (AvgIpc) is 3.41. The zero-order chi connectivity index (χ0) is 25.2. The Morgan fingerprint density at radius 3 is 2.31 bits per heavy atom. The highest BCUT2D eigenvalue weighted by Gasteiger charge is 2.21. The number of aromatic nitrogens is 2. The number of fused-ring (bicyclic) bond motifs is 1. The first-order chi connectivity index (χ1) is 17.4. The second kappa shape index (κ2) is 9.65. The maximum Gasteiger partial charge on any atom is 0.323 e. The Kier molecular flexibility index (Phi) is 6.24. The van der Waals surface area contributed by atoms with Crippen molar-refractivity contribution >= 4 is 40.0 Å². The van der Waals surface area contributed by atoms with Crippen LogP contribution < -0.4 is 15.5 Å². The third kappa shape index (κ3) is 4.83. The van der Waals surface area contributed by atoms with Gasteiger partial charge in [-0.25, -0.2) is 22.9 Å². The lowest BCUT2D eigenvalue weighted by Crippen LogP contribution is -2.20. The number of urea groups is 1. The summed E-state index contributed by atoms with van der Waals surface area (Å²) in [5.41, 5.74) is 0.733. The van der Waals surface area contributed by atoms with E-state index in [9.17, 15) is 22.8 Å². The number of rotatable bonds is 5. The van der Waals surface area contributed by atoms with E-state index < -0.39 is 34.8 Å². The van der Waals surface area contributed by atoms with E-state index in [0.717, 1.165) is 50.2 Å². The number of carbonyl (C=O) groups is 2. The summed E-state index contributed by atoms with van der Waals surface area (Å²) in [6.07, 6.45) is 3.81. The largest absolute Gasteiger partial charge is 0.355 e. The van der Waals surface area contributed by atoms with Crippen LogP contribution in [0.3, 0.4) is 0 Å². The van der Waals surface area contributed by atoms with Gasteiger partial charge >= 0.3 is 6.03 Å². The number of ketones is 1. The summed E-state index contributed by atoms with van der Waals surface area (Å²) < 4.78 is 42.0. The lowest BCUT2D eigenvalue weighted by Gasteiger charge is -2.16. The van der Waals surface area contributed by atoms with Crippen molar-refractivity contribution in [3.05, 3.63) is 89.4 Å². The van der Waals surface area contributed by atoms with Crippen LogP contribution in [0.5, 0.6) is 0 Å². The molecule has 36 heavy (non-hydrogen) atoms. The standard InChI is InChI=1S/C26H20F3N5O2/c27-16-4-6-17(7-5-16)31-26(36)32-18-12-19(24(29)20(28)13-18)25(35)15-3-8-21-22(11-15)33-23(14-30-21)34-9-1-2-10-34/h3-8,11-14H,1-2,9-10H2,(H2,31,32,36). The smallest absolute Gasteiger partial charge is 0.323 e. The molecule has 5 rings (SSSR count). The van der Waals surface area contributed by atoms with Crippen molar-refractivity contribution in [2.24, 2.45) is 0 Å². The second-order valence-corrected chi connectivity index (χ2v) is 8.36. The fraction of sp³-hybridized carbons (Fsp3) is 0.154. The molecule has 0 unspecified atom stereocenters. The molecule has 0 spiro atoms. The summed E-state index contributed by atoms with van der Waals surface area (Å²) in [6, 6.07) is 10.6. The van der Waals surface area contributed by atoms with Gasteiger partial charge in [-0.1, -0.05) is 0 Å². The van der Waals surface area contributed by atoms with Crippen molar-refractivity contribution in [3.8, 4) is 0 Å². The quantitative estimate of drug-likeness (QED) is 0.359. The Bertz CT molecular complexity index is 1470. The molecule has 0 saturated carbocycles. The van der Waals surface area contributed by atoms with Crippen LogP contribution >= 0.6 is 0 Å². The van der Waals surface area contributed by atoms with Gasteiger partial charge in [0.25, 0.3) is 0 Å². The number of nitrogens with one attached hydrogen (secondary N) is 2. The van der Waals surface area contributed by atoms with Crippen LogP contribution in [-0.4, -0.2) is 34.9 Å². The summed E-state index contributed by atoms with van der Waals surface area (Å²) in [7, 11) is 0. The molecule has 2 amide bonds. The van der Waals surface area contributed by atoms with Crippen LogP contribution in [0.25, 0.3) is 11.0 Å². The van der Waals surface area contributed by atoms with Crippen LogP contribution in [0.1, 0.15) is 28.8 Å². The molecule has 3 aromatic carbocycles. The normalized spacial score (nSPS) is 13.1. The summed E-state index contributed by atoms with van der Waals surface area (Å²) in [5.74, 6) is -3.18. The van der Waals surface area contributed by atoms with Gasteiger partial charge in [-0.15, -0.1) is 0 Å². The minimum absolute atomic E-state index is 0.0987. The molecule has 1 aliphatic heterocycles. The number of nitrogens with zero attached hydrogens (tertiary/aromatic N) is 3. The van der Waals surface area contributed by atoms with Gasteiger partial charge in [0, 0.05) is 36.1 Å². The molecule has 1 fully saturated rings. The van der Waals surface area contributed by atoms with Crippen LogP contribution in [0.4, 0.5) is 35.2 Å². The predicted octanol–water partition coefficient (Wildman–Crippen LogP) is 5.52. The molecular formula is C26H20F3N5O2. The monoisotopic (exact) mass is 491 g/mol. The second-order valence-electron chi connectivity index (χ2n) is 8.36. The molecular weight excluding hydrogens is 471 g/mol. The van der Waals surface area contributed by atoms with E-state index in [-0.39, 0.29) is 11.3 Å². The topological polar surface area (TPSA) is 87.2 Å². The van der Waals surface area contributed by atoms with E-state index >= 15 is 0 Å². The molecule has 1 aromatic heterocycles. The molecule has 0 atom stereocenters. The van der Waals surface area contributed by atoms with E-state index in [0.29, 0.717) is 22.5 Å². The lowest BCUT2D eigenvalue weighted by atomic mass is 10.0. The highest BCUT2D eigenvalue weighted by Crippen LogP contribution is 2.25. The zero-order valence-electron chi connectivity index (χ0n) is 18.9. The highest BCUT2D eigenvalue weighted by molar-refractivity contribution is 6.11. The van der Waals surface area contributed by atoms with Crippen molar-refractivity contribution in [1.82, 2.24) is 9.97 Å². The summed E-state index contributed by atoms with van der Waals surface area (Å²) in [5, 5.41) is 4.80. The van der Waals surface area contributed by atoms with Crippen LogP contribution in [0.2, 0.25) is 0 Å². The summed E-state index contributed by atoms with van der Waals surface area (Å²) >= 11 is 0. The fourth-order valence-electron chi connectivity index (χ4n) is 4.05. The van der Waals surface area contributed by atoms with E-state index in [2.05, 4.69) is 25.5 Å². The fourth-order valence-corrected chi connectivity index (χ4v) is 4.05.